The Hall–Kier alpha value is -0.390. The highest BCUT2D eigenvalue weighted by Gasteiger charge is 2.19. The summed E-state index contributed by atoms with van der Waals surface area (Å²) >= 11 is 4.84. The predicted molar refractivity (Wildman–Crippen MR) is 55.7 cm³/mol. The molecule has 0 aliphatic carbocycles. The van der Waals surface area contributed by atoms with E-state index in [4.69, 9.17) is 18.1 Å². The van der Waals surface area contributed by atoms with E-state index in [1.54, 1.807) is 0 Å². The topological polar surface area (TPSA) is 53.3 Å². The minimum Gasteiger partial charge on any atom is -0.360 e. The second kappa shape index (κ2) is 4.59. The van der Waals surface area contributed by atoms with Gasteiger partial charge in [0.1, 0.15) is 0 Å². The molecule has 0 spiro atoms. The molecule has 0 aromatic carbocycles. The Kier molecular flexibility index (Phi) is 4.44. The highest BCUT2D eigenvalue weighted by Crippen LogP contribution is 2.07. The van der Waals surface area contributed by atoms with E-state index in [2.05, 4.69) is 29.5 Å². The monoisotopic (exact) mass is 190 g/mol. The molecule has 0 saturated carbocycles. The van der Waals surface area contributed by atoms with Crippen molar-refractivity contribution in [3.8, 4) is 0 Å². The fraction of sp³-hybridized carbons (Fsp3) is 0.857. The minimum absolute atomic E-state index is 0.0703. The molecule has 0 amide bonds. The second-order valence-corrected chi connectivity index (χ2v) is 3.94. The zero-order valence-electron chi connectivity index (χ0n) is 8.14. The number of thiocarbonyl (C=S) groups is 1. The molecule has 0 fully saturated rings. The van der Waals surface area contributed by atoms with Gasteiger partial charge in [0, 0.05) is 12.1 Å². The Morgan fingerprint density at radius 1 is 1.50 bits per heavy atom. The summed E-state index contributed by atoms with van der Waals surface area (Å²) in [6.45, 7) is 5.02. The Bertz CT molecular complexity index is 155. The Morgan fingerprint density at radius 3 is 2.33 bits per heavy atom. The van der Waals surface area contributed by atoms with E-state index in [1.165, 1.54) is 0 Å². The summed E-state index contributed by atoms with van der Waals surface area (Å²) in [5, 5.41) is 3.48. The lowest BCUT2D eigenvalue weighted by molar-refractivity contribution is 0.198. The molecule has 5 heteroatoms. The summed E-state index contributed by atoms with van der Waals surface area (Å²) in [4.78, 5) is 2.12. The van der Waals surface area contributed by atoms with Crippen molar-refractivity contribution >= 4 is 17.3 Å². The normalized spacial score (nSPS) is 11.5. The van der Waals surface area contributed by atoms with Crippen LogP contribution in [0.2, 0.25) is 0 Å². The molecule has 0 aliphatic rings. The van der Waals surface area contributed by atoms with Gasteiger partial charge in [0.25, 0.3) is 0 Å². The van der Waals surface area contributed by atoms with Crippen LogP contribution in [0.25, 0.3) is 0 Å². The van der Waals surface area contributed by atoms with E-state index in [0.29, 0.717) is 5.11 Å². The Morgan fingerprint density at radius 2 is 2.00 bits per heavy atom. The first-order chi connectivity index (χ1) is 5.40. The van der Waals surface area contributed by atoms with Crippen LogP contribution < -0.4 is 16.6 Å². The van der Waals surface area contributed by atoms with Gasteiger partial charge in [-0.05, 0) is 40.2 Å². The van der Waals surface area contributed by atoms with Crippen LogP contribution in [0.4, 0.5) is 0 Å². The Labute approximate surface area is 79.5 Å². The van der Waals surface area contributed by atoms with Crippen molar-refractivity contribution < 1.29 is 0 Å². The Balaban J connectivity index is 3.83. The van der Waals surface area contributed by atoms with Gasteiger partial charge >= 0.3 is 0 Å². The van der Waals surface area contributed by atoms with Crippen molar-refractivity contribution in [1.29, 1.82) is 0 Å². The zero-order valence-corrected chi connectivity index (χ0v) is 8.96. The van der Waals surface area contributed by atoms with Gasteiger partial charge in [0.2, 0.25) is 0 Å². The van der Waals surface area contributed by atoms with Crippen molar-refractivity contribution in [2.75, 3.05) is 20.6 Å². The molecule has 0 aromatic rings. The highest BCUT2D eigenvalue weighted by molar-refractivity contribution is 7.80. The number of hydrogen-bond donors (Lipinski definition) is 3. The summed E-state index contributed by atoms with van der Waals surface area (Å²) in [5.74, 6) is 5.11. The molecular formula is C7H18N4S. The number of likely N-dealkylation sites (N-methyl/N-ethyl adjacent to an activating group) is 1. The van der Waals surface area contributed by atoms with Crippen molar-refractivity contribution in [3.05, 3.63) is 0 Å². The van der Waals surface area contributed by atoms with Crippen LogP contribution in [0.3, 0.4) is 0 Å². The maximum absolute atomic E-state index is 5.11. The highest BCUT2D eigenvalue weighted by atomic mass is 32.1. The van der Waals surface area contributed by atoms with E-state index in [-0.39, 0.29) is 5.54 Å². The largest absolute Gasteiger partial charge is 0.360 e. The SMILES string of the molecule is CN(C)C(C)(C)CNC(=S)NN. The first-order valence-electron chi connectivity index (χ1n) is 3.82. The fourth-order valence-electron chi connectivity index (χ4n) is 0.506. The molecule has 0 aromatic heterocycles. The van der Waals surface area contributed by atoms with Crippen LogP contribution in [0, 0.1) is 0 Å². The van der Waals surface area contributed by atoms with E-state index in [1.807, 2.05) is 14.1 Å². The molecule has 4 N–H and O–H groups in total. The molecule has 0 atom stereocenters. The average molecular weight is 190 g/mol. The number of nitrogens with zero attached hydrogens (tertiary/aromatic N) is 1. The standard InChI is InChI=1S/C7H18N4S/c1-7(2,11(3)4)5-9-6(12)10-8/h5,8H2,1-4H3,(H2,9,10,12). The van der Waals surface area contributed by atoms with Gasteiger partial charge in [-0.1, -0.05) is 0 Å². The van der Waals surface area contributed by atoms with E-state index in [9.17, 15) is 0 Å². The number of hydrazine groups is 1. The summed E-state index contributed by atoms with van der Waals surface area (Å²) in [6, 6.07) is 0. The summed E-state index contributed by atoms with van der Waals surface area (Å²) < 4.78 is 0. The number of nitrogens with two attached hydrogens (primary N) is 1. The third-order valence-corrected chi connectivity index (χ3v) is 2.29. The van der Waals surface area contributed by atoms with Crippen LogP contribution in [0.15, 0.2) is 0 Å². The first kappa shape index (κ1) is 11.6. The lowest BCUT2D eigenvalue weighted by Crippen LogP contribution is -2.51. The van der Waals surface area contributed by atoms with Crippen molar-refractivity contribution in [1.82, 2.24) is 15.6 Å². The van der Waals surface area contributed by atoms with Gasteiger partial charge in [-0.2, -0.15) is 0 Å². The van der Waals surface area contributed by atoms with Gasteiger partial charge in [0.05, 0.1) is 0 Å². The maximum Gasteiger partial charge on any atom is 0.180 e. The first-order valence-corrected chi connectivity index (χ1v) is 4.23. The second-order valence-electron chi connectivity index (χ2n) is 3.53. The molecule has 72 valence electrons. The van der Waals surface area contributed by atoms with E-state index < -0.39 is 0 Å². The molecular weight excluding hydrogens is 172 g/mol. The number of rotatable bonds is 3. The molecule has 12 heavy (non-hydrogen) atoms. The number of nitrogens with one attached hydrogen (secondary N) is 2. The lowest BCUT2D eigenvalue weighted by Gasteiger charge is -2.32. The molecule has 0 radical (unpaired) electrons. The smallest absolute Gasteiger partial charge is 0.180 e. The minimum atomic E-state index is 0.0703. The van der Waals surface area contributed by atoms with Crippen LogP contribution in [-0.2, 0) is 0 Å². The van der Waals surface area contributed by atoms with Crippen molar-refractivity contribution in [2.24, 2.45) is 5.84 Å². The predicted octanol–water partition coefficient (Wildman–Crippen LogP) is -0.336. The fourth-order valence-corrected chi connectivity index (χ4v) is 0.578. The molecule has 0 bridgehead atoms. The summed E-state index contributed by atoms with van der Waals surface area (Å²) in [7, 11) is 4.06. The van der Waals surface area contributed by atoms with Gasteiger partial charge < -0.3 is 15.6 Å². The molecule has 4 nitrogen and oxygen atoms in total. The van der Waals surface area contributed by atoms with Crippen LogP contribution in [-0.4, -0.2) is 36.2 Å². The summed E-state index contributed by atoms with van der Waals surface area (Å²) in [6.07, 6.45) is 0. The zero-order chi connectivity index (χ0) is 9.78. The third kappa shape index (κ3) is 3.85. The van der Waals surface area contributed by atoms with E-state index >= 15 is 0 Å². The molecule has 0 aliphatic heterocycles. The van der Waals surface area contributed by atoms with Gasteiger partial charge in [-0.3, -0.25) is 0 Å². The molecule has 0 heterocycles. The average Bonchev–Trinajstić information content (AvgIpc) is 2.00. The van der Waals surface area contributed by atoms with Crippen LogP contribution in [0.5, 0.6) is 0 Å². The van der Waals surface area contributed by atoms with E-state index in [0.717, 1.165) is 6.54 Å². The van der Waals surface area contributed by atoms with Gasteiger partial charge in [-0.25, -0.2) is 5.84 Å². The van der Waals surface area contributed by atoms with Gasteiger partial charge in [-0.15, -0.1) is 0 Å². The molecule has 0 saturated heterocycles. The van der Waals surface area contributed by atoms with Crippen molar-refractivity contribution in [2.45, 2.75) is 19.4 Å². The number of hydrogen-bond acceptors (Lipinski definition) is 3. The quantitative estimate of drug-likeness (QED) is 0.323. The van der Waals surface area contributed by atoms with Crippen LogP contribution >= 0.6 is 12.2 Å². The van der Waals surface area contributed by atoms with Crippen molar-refractivity contribution in [3.63, 3.8) is 0 Å². The summed E-state index contributed by atoms with van der Waals surface area (Å²) in [5.41, 5.74) is 2.45. The molecule has 0 unspecified atom stereocenters. The maximum atomic E-state index is 5.11. The van der Waals surface area contributed by atoms with Gasteiger partial charge in [0.15, 0.2) is 5.11 Å². The third-order valence-electron chi connectivity index (χ3n) is 2.02. The van der Waals surface area contributed by atoms with Crippen LogP contribution in [0.1, 0.15) is 13.8 Å². The lowest BCUT2D eigenvalue weighted by atomic mass is 10.1. The molecule has 0 rings (SSSR count).